The number of benzene rings is 1. The maximum atomic E-state index is 12.4. The number of rotatable bonds is 4. The van der Waals surface area contributed by atoms with Crippen LogP contribution >= 0.6 is 11.6 Å². The molecule has 4 nitrogen and oxygen atoms in total. The molecule has 0 aliphatic rings. The highest BCUT2D eigenvalue weighted by Crippen LogP contribution is 2.24. The molecule has 6 heteroatoms. The first-order chi connectivity index (χ1) is 8.91. The fourth-order valence-electron chi connectivity index (χ4n) is 1.70. The van der Waals surface area contributed by atoms with Crippen LogP contribution in [-0.4, -0.2) is 19.8 Å². The van der Waals surface area contributed by atoms with Gasteiger partial charge in [-0.3, -0.25) is 0 Å². The van der Waals surface area contributed by atoms with Crippen molar-refractivity contribution in [3.05, 3.63) is 52.9 Å². The van der Waals surface area contributed by atoms with Crippen LogP contribution in [0.4, 0.5) is 0 Å². The van der Waals surface area contributed by atoms with Crippen molar-refractivity contribution in [3.8, 4) is 0 Å². The van der Waals surface area contributed by atoms with Crippen LogP contribution in [0.1, 0.15) is 11.5 Å². The molecule has 102 valence electrons. The number of furan rings is 1. The Morgan fingerprint density at radius 2 is 1.89 bits per heavy atom. The van der Waals surface area contributed by atoms with Crippen molar-refractivity contribution < 1.29 is 12.8 Å². The fourth-order valence-corrected chi connectivity index (χ4v) is 3.32. The molecule has 0 amide bonds. The maximum absolute atomic E-state index is 12.4. The number of nitrogens with zero attached hydrogens (tertiary/aromatic N) is 1. The van der Waals surface area contributed by atoms with Gasteiger partial charge in [0.15, 0.2) is 0 Å². The lowest BCUT2D eigenvalue weighted by Crippen LogP contribution is -2.26. The summed E-state index contributed by atoms with van der Waals surface area (Å²) in [6.45, 7) is 1.98. The van der Waals surface area contributed by atoms with Gasteiger partial charge in [-0.1, -0.05) is 23.7 Å². The average molecular weight is 300 g/mol. The summed E-state index contributed by atoms with van der Waals surface area (Å²) < 4.78 is 31.3. The van der Waals surface area contributed by atoms with E-state index in [1.165, 1.54) is 17.4 Å². The summed E-state index contributed by atoms with van der Waals surface area (Å²) in [7, 11) is -2.12. The highest BCUT2D eigenvalue weighted by Gasteiger charge is 2.24. The minimum absolute atomic E-state index is 0.0995. The zero-order valence-electron chi connectivity index (χ0n) is 10.6. The Bertz CT molecular complexity index is 679. The minimum atomic E-state index is -3.62. The van der Waals surface area contributed by atoms with Crippen molar-refractivity contribution in [1.82, 2.24) is 4.31 Å². The summed E-state index contributed by atoms with van der Waals surface area (Å²) >= 11 is 5.93. The van der Waals surface area contributed by atoms with Gasteiger partial charge in [0.1, 0.15) is 16.4 Å². The van der Waals surface area contributed by atoms with E-state index in [-0.39, 0.29) is 16.5 Å². The molecule has 2 aromatic rings. The monoisotopic (exact) mass is 299 g/mol. The van der Waals surface area contributed by atoms with Crippen molar-refractivity contribution >= 4 is 21.6 Å². The maximum Gasteiger partial charge on any atom is 0.244 e. The van der Waals surface area contributed by atoms with Crippen LogP contribution in [0.5, 0.6) is 0 Å². The smallest absolute Gasteiger partial charge is 0.244 e. The second-order valence-corrected chi connectivity index (χ2v) is 6.62. The van der Waals surface area contributed by atoms with Gasteiger partial charge in [0, 0.05) is 7.05 Å². The lowest BCUT2D eigenvalue weighted by molar-refractivity contribution is 0.397. The third kappa shape index (κ3) is 3.00. The Hall–Kier alpha value is -1.30. The normalized spacial score (nSPS) is 12.0. The number of hydrogen-bond acceptors (Lipinski definition) is 3. The molecule has 0 atom stereocenters. The summed E-state index contributed by atoms with van der Waals surface area (Å²) in [6.07, 6.45) is 0. The van der Waals surface area contributed by atoms with E-state index in [0.717, 1.165) is 5.76 Å². The van der Waals surface area contributed by atoms with Crippen molar-refractivity contribution in [2.75, 3.05) is 7.05 Å². The molecule has 1 heterocycles. The summed E-state index contributed by atoms with van der Waals surface area (Å²) in [4.78, 5) is 0.0995. The molecule has 0 saturated carbocycles. The lowest BCUT2D eigenvalue weighted by atomic mass is 10.4. The van der Waals surface area contributed by atoms with Crippen LogP contribution < -0.4 is 0 Å². The van der Waals surface area contributed by atoms with E-state index in [2.05, 4.69) is 0 Å². The molecule has 0 saturated heterocycles. The molecule has 0 fully saturated rings. The van der Waals surface area contributed by atoms with E-state index in [4.69, 9.17) is 16.0 Å². The topological polar surface area (TPSA) is 50.5 Å². The van der Waals surface area contributed by atoms with Crippen LogP contribution in [0.2, 0.25) is 5.02 Å². The predicted molar refractivity (Wildman–Crippen MR) is 73.5 cm³/mol. The average Bonchev–Trinajstić information content (AvgIpc) is 2.75. The Morgan fingerprint density at radius 3 is 2.47 bits per heavy atom. The highest BCUT2D eigenvalue weighted by molar-refractivity contribution is 7.89. The molecule has 2 rings (SSSR count). The predicted octanol–water partition coefficient (Wildman–Crippen LogP) is 3.06. The van der Waals surface area contributed by atoms with Crippen LogP contribution in [0.25, 0.3) is 0 Å². The molecule has 0 radical (unpaired) electrons. The molecule has 1 aromatic carbocycles. The van der Waals surface area contributed by atoms with E-state index < -0.39 is 10.0 Å². The van der Waals surface area contributed by atoms with E-state index in [0.29, 0.717) is 5.76 Å². The SMILES string of the molecule is Cc1ccc(CN(C)S(=O)(=O)c2ccccc2Cl)o1. The van der Waals surface area contributed by atoms with Crippen molar-refractivity contribution in [3.63, 3.8) is 0 Å². The van der Waals surface area contributed by atoms with Gasteiger partial charge in [0.05, 0.1) is 11.6 Å². The third-order valence-corrected chi connectivity index (χ3v) is 5.00. The third-order valence-electron chi connectivity index (χ3n) is 2.70. The molecule has 0 spiro atoms. The van der Waals surface area contributed by atoms with Gasteiger partial charge in [-0.25, -0.2) is 8.42 Å². The zero-order chi connectivity index (χ0) is 14.0. The summed E-state index contributed by atoms with van der Waals surface area (Å²) in [5, 5.41) is 0.213. The van der Waals surface area contributed by atoms with Gasteiger partial charge in [-0.2, -0.15) is 4.31 Å². The van der Waals surface area contributed by atoms with Gasteiger partial charge in [0.2, 0.25) is 10.0 Å². The van der Waals surface area contributed by atoms with Crippen molar-refractivity contribution in [2.45, 2.75) is 18.4 Å². The second kappa shape index (κ2) is 5.36. The molecule has 0 bridgehead atoms. The van der Waals surface area contributed by atoms with Crippen LogP contribution in [0.15, 0.2) is 45.7 Å². The van der Waals surface area contributed by atoms with Gasteiger partial charge in [0.25, 0.3) is 0 Å². The fraction of sp³-hybridized carbons (Fsp3) is 0.231. The molecule has 0 aliphatic carbocycles. The first-order valence-corrected chi connectivity index (χ1v) is 7.49. The molecule has 1 aromatic heterocycles. The molecular weight excluding hydrogens is 286 g/mol. The number of halogens is 1. The molecule has 0 aliphatic heterocycles. The van der Waals surface area contributed by atoms with E-state index in [1.54, 1.807) is 30.3 Å². The van der Waals surface area contributed by atoms with Gasteiger partial charge in [-0.05, 0) is 31.2 Å². The van der Waals surface area contributed by atoms with Gasteiger partial charge >= 0.3 is 0 Å². The lowest BCUT2D eigenvalue weighted by Gasteiger charge is -2.16. The van der Waals surface area contributed by atoms with E-state index in [9.17, 15) is 8.42 Å². The Balaban J connectivity index is 2.27. The number of hydrogen-bond donors (Lipinski definition) is 0. The number of sulfonamides is 1. The number of aryl methyl sites for hydroxylation is 1. The molecule has 19 heavy (non-hydrogen) atoms. The van der Waals surface area contributed by atoms with Crippen molar-refractivity contribution in [2.24, 2.45) is 0 Å². The van der Waals surface area contributed by atoms with Gasteiger partial charge < -0.3 is 4.42 Å². The quantitative estimate of drug-likeness (QED) is 0.872. The minimum Gasteiger partial charge on any atom is -0.465 e. The largest absolute Gasteiger partial charge is 0.465 e. The Kier molecular flexibility index (Phi) is 3.99. The summed E-state index contributed by atoms with van der Waals surface area (Å²) in [6, 6.07) is 9.93. The summed E-state index contributed by atoms with van der Waals surface area (Å²) in [5.74, 6) is 1.34. The zero-order valence-corrected chi connectivity index (χ0v) is 12.2. The van der Waals surface area contributed by atoms with Crippen LogP contribution in [0.3, 0.4) is 0 Å². The second-order valence-electron chi connectivity index (χ2n) is 4.20. The first-order valence-electron chi connectivity index (χ1n) is 5.67. The van der Waals surface area contributed by atoms with Gasteiger partial charge in [-0.15, -0.1) is 0 Å². The van der Waals surface area contributed by atoms with Crippen LogP contribution in [-0.2, 0) is 16.6 Å². The van der Waals surface area contributed by atoms with Crippen LogP contribution in [0, 0.1) is 6.92 Å². The summed E-state index contributed by atoms with van der Waals surface area (Å²) in [5.41, 5.74) is 0. The highest BCUT2D eigenvalue weighted by atomic mass is 35.5. The van der Waals surface area contributed by atoms with E-state index >= 15 is 0 Å². The van der Waals surface area contributed by atoms with E-state index in [1.807, 2.05) is 6.92 Å². The first kappa shape index (κ1) is 14.1. The standard InChI is InChI=1S/C13H14ClNO3S/c1-10-7-8-11(18-10)9-15(2)19(16,17)13-6-4-3-5-12(13)14/h3-8H,9H2,1-2H3. The molecule has 0 N–H and O–H groups in total. The molecule has 0 unspecified atom stereocenters. The van der Waals surface area contributed by atoms with Crippen molar-refractivity contribution in [1.29, 1.82) is 0 Å². The Morgan fingerprint density at radius 1 is 1.21 bits per heavy atom. The molecular formula is C13H14ClNO3S. The Labute approximate surface area is 117 Å².